The van der Waals surface area contributed by atoms with Crippen molar-refractivity contribution in [2.45, 2.75) is 19.3 Å². The minimum absolute atomic E-state index is 0.177. The monoisotopic (exact) mass is 464 g/mol. The predicted molar refractivity (Wildman–Crippen MR) is 150 cm³/mol. The van der Waals surface area contributed by atoms with Gasteiger partial charge in [0.2, 0.25) is 0 Å². The Morgan fingerprint density at radius 1 is 0.472 bits per heavy atom. The highest BCUT2D eigenvalue weighted by Gasteiger charge is 2.36. The van der Waals surface area contributed by atoms with Crippen LogP contribution in [0.4, 0.5) is 4.39 Å². The number of hydrogen-bond acceptors (Lipinski definition) is 0. The second kappa shape index (κ2) is 7.63. The first kappa shape index (κ1) is 21.1. The van der Waals surface area contributed by atoms with E-state index in [1.807, 2.05) is 6.07 Å². The molecule has 172 valence electrons. The molecular weight excluding hydrogens is 439 g/mol. The van der Waals surface area contributed by atoms with Gasteiger partial charge in [-0.3, -0.25) is 0 Å². The maximum absolute atomic E-state index is 14.2. The van der Waals surface area contributed by atoms with Gasteiger partial charge in [0.05, 0.1) is 0 Å². The van der Waals surface area contributed by atoms with Crippen molar-refractivity contribution in [3.05, 3.63) is 132 Å². The van der Waals surface area contributed by atoms with Crippen LogP contribution in [0, 0.1) is 5.82 Å². The van der Waals surface area contributed by atoms with Crippen molar-refractivity contribution in [2.24, 2.45) is 0 Å². The van der Waals surface area contributed by atoms with Crippen LogP contribution in [0.5, 0.6) is 0 Å². The molecule has 6 aromatic rings. The number of halogens is 1. The van der Waals surface area contributed by atoms with Gasteiger partial charge in [0, 0.05) is 5.41 Å². The number of hydrogen-bond donors (Lipinski definition) is 0. The van der Waals surface area contributed by atoms with Gasteiger partial charge < -0.3 is 0 Å². The summed E-state index contributed by atoms with van der Waals surface area (Å²) >= 11 is 0. The van der Waals surface area contributed by atoms with Gasteiger partial charge in [0.25, 0.3) is 0 Å². The Hall–Kier alpha value is -4.23. The molecule has 36 heavy (non-hydrogen) atoms. The fraction of sp³-hybridized carbons (Fsp3) is 0.0857. The lowest BCUT2D eigenvalue weighted by molar-refractivity contribution is 0.609. The topological polar surface area (TPSA) is 0 Å². The van der Waals surface area contributed by atoms with Crippen LogP contribution in [0.3, 0.4) is 0 Å². The third kappa shape index (κ3) is 2.93. The first-order valence-corrected chi connectivity index (χ1v) is 12.5. The molecule has 0 aromatic heterocycles. The fourth-order valence-corrected chi connectivity index (χ4v) is 6.22. The van der Waals surface area contributed by atoms with Crippen molar-refractivity contribution in [1.82, 2.24) is 0 Å². The Bertz CT molecular complexity index is 1750. The summed E-state index contributed by atoms with van der Waals surface area (Å²) in [7, 11) is 0. The largest absolute Gasteiger partial charge is 0.207 e. The van der Waals surface area contributed by atoms with E-state index in [1.54, 1.807) is 12.1 Å². The summed E-state index contributed by atoms with van der Waals surface area (Å²) in [5.74, 6) is -0.177. The lowest BCUT2D eigenvalue weighted by Gasteiger charge is -2.23. The van der Waals surface area contributed by atoms with Crippen LogP contribution in [0.25, 0.3) is 54.9 Å². The van der Waals surface area contributed by atoms with Crippen molar-refractivity contribution in [2.75, 3.05) is 0 Å². The zero-order valence-corrected chi connectivity index (χ0v) is 20.3. The van der Waals surface area contributed by atoms with Gasteiger partial charge in [-0.2, -0.15) is 0 Å². The van der Waals surface area contributed by atoms with Crippen LogP contribution < -0.4 is 0 Å². The molecule has 1 heteroatoms. The molecule has 0 amide bonds. The van der Waals surface area contributed by atoms with E-state index in [-0.39, 0.29) is 11.2 Å². The second-order valence-electron chi connectivity index (χ2n) is 10.3. The van der Waals surface area contributed by atoms with Gasteiger partial charge in [0.1, 0.15) is 5.82 Å². The molecule has 0 bridgehead atoms. The zero-order chi connectivity index (χ0) is 24.4. The molecule has 0 saturated carbocycles. The molecule has 0 saturated heterocycles. The predicted octanol–water partition coefficient (Wildman–Crippen LogP) is 9.77. The third-order valence-corrected chi connectivity index (χ3v) is 7.92. The van der Waals surface area contributed by atoms with Crippen molar-refractivity contribution >= 4 is 21.5 Å². The van der Waals surface area contributed by atoms with Crippen LogP contribution in [-0.2, 0) is 5.41 Å². The average molecular weight is 465 g/mol. The smallest absolute Gasteiger partial charge is 0.123 e. The Kier molecular flexibility index (Phi) is 4.47. The summed E-state index contributed by atoms with van der Waals surface area (Å²) < 4.78 is 14.2. The molecule has 0 nitrogen and oxygen atoms in total. The van der Waals surface area contributed by atoms with E-state index in [1.165, 1.54) is 54.9 Å². The Balaban J connectivity index is 1.56. The first-order chi connectivity index (χ1) is 17.5. The van der Waals surface area contributed by atoms with E-state index >= 15 is 0 Å². The third-order valence-electron chi connectivity index (χ3n) is 7.92. The highest BCUT2D eigenvalue weighted by molar-refractivity contribution is 6.21. The summed E-state index contributed by atoms with van der Waals surface area (Å²) in [6.45, 7) is 4.41. The lowest BCUT2D eigenvalue weighted by Crippen LogP contribution is -2.15. The standard InChI is InChI=1S/C35H25F/c1-35(2)31-20-23(16-18-25(31)26-19-17-24(36)21-32(26)35)34-29-14-8-6-12-27(29)33(22-10-4-3-5-11-22)28-13-7-9-15-30(28)34/h3-21H,1-2H3. The number of benzene rings is 6. The molecule has 0 unspecified atom stereocenters. The van der Waals surface area contributed by atoms with E-state index in [9.17, 15) is 4.39 Å². The quantitative estimate of drug-likeness (QED) is 0.224. The van der Waals surface area contributed by atoms with E-state index in [4.69, 9.17) is 0 Å². The molecular formula is C35H25F. The van der Waals surface area contributed by atoms with Crippen LogP contribution in [0.15, 0.2) is 115 Å². The summed E-state index contributed by atoms with van der Waals surface area (Å²) in [5, 5.41) is 4.99. The molecule has 0 fully saturated rings. The maximum Gasteiger partial charge on any atom is 0.123 e. The van der Waals surface area contributed by atoms with E-state index in [2.05, 4.69) is 111 Å². The second-order valence-corrected chi connectivity index (χ2v) is 10.3. The highest BCUT2D eigenvalue weighted by atomic mass is 19.1. The Labute approximate surface area is 210 Å². The first-order valence-electron chi connectivity index (χ1n) is 12.5. The van der Waals surface area contributed by atoms with Crippen molar-refractivity contribution < 1.29 is 4.39 Å². The van der Waals surface area contributed by atoms with Crippen LogP contribution in [0.2, 0.25) is 0 Å². The fourth-order valence-electron chi connectivity index (χ4n) is 6.22. The van der Waals surface area contributed by atoms with Gasteiger partial charge in [-0.05, 0) is 84.3 Å². The average Bonchev–Trinajstić information content (AvgIpc) is 3.13. The van der Waals surface area contributed by atoms with Gasteiger partial charge in [-0.25, -0.2) is 4.39 Å². The van der Waals surface area contributed by atoms with E-state index < -0.39 is 0 Å². The van der Waals surface area contributed by atoms with Crippen molar-refractivity contribution in [1.29, 1.82) is 0 Å². The molecule has 0 radical (unpaired) electrons. The Morgan fingerprint density at radius 2 is 0.944 bits per heavy atom. The number of fused-ring (bicyclic) bond motifs is 5. The molecule has 0 spiro atoms. The minimum Gasteiger partial charge on any atom is -0.207 e. The molecule has 1 aliphatic carbocycles. The Morgan fingerprint density at radius 3 is 1.53 bits per heavy atom. The molecule has 0 heterocycles. The van der Waals surface area contributed by atoms with Gasteiger partial charge in [-0.1, -0.05) is 111 Å². The molecule has 1 aliphatic rings. The van der Waals surface area contributed by atoms with E-state index in [0.717, 1.165) is 11.1 Å². The maximum atomic E-state index is 14.2. The minimum atomic E-state index is -0.266. The summed E-state index contributed by atoms with van der Waals surface area (Å²) in [5.41, 5.74) is 9.33. The summed E-state index contributed by atoms with van der Waals surface area (Å²) in [6, 6.07) is 40.2. The SMILES string of the molecule is CC1(C)c2cc(F)ccc2-c2ccc(-c3c4ccccc4c(-c4ccccc4)c4ccccc34)cc21. The summed E-state index contributed by atoms with van der Waals surface area (Å²) in [6.07, 6.45) is 0. The number of rotatable bonds is 2. The van der Waals surface area contributed by atoms with Crippen molar-refractivity contribution in [3.63, 3.8) is 0 Å². The highest BCUT2D eigenvalue weighted by Crippen LogP contribution is 2.51. The van der Waals surface area contributed by atoms with Gasteiger partial charge in [-0.15, -0.1) is 0 Å². The van der Waals surface area contributed by atoms with Gasteiger partial charge >= 0.3 is 0 Å². The lowest BCUT2D eigenvalue weighted by atomic mass is 9.80. The molecule has 0 aliphatic heterocycles. The summed E-state index contributed by atoms with van der Waals surface area (Å²) in [4.78, 5) is 0. The molecule has 6 aromatic carbocycles. The molecule has 0 atom stereocenters. The normalized spacial score (nSPS) is 13.6. The van der Waals surface area contributed by atoms with Crippen LogP contribution in [-0.4, -0.2) is 0 Å². The zero-order valence-electron chi connectivity index (χ0n) is 20.3. The van der Waals surface area contributed by atoms with Crippen molar-refractivity contribution in [3.8, 4) is 33.4 Å². The van der Waals surface area contributed by atoms with Crippen LogP contribution in [0.1, 0.15) is 25.0 Å². The van der Waals surface area contributed by atoms with E-state index in [0.29, 0.717) is 0 Å². The molecule has 7 rings (SSSR count). The van der Waals surface area contributed by atoms with Crippen LogP contribution >= 0.6 is 0 Å². The molecule has 0 N–H and O–H groups in total. The van der Waals surface area contributed by atoms with Gasteiger partial charge in [0.15, 0.2) is 0 Å².